The highest BCUT2D eigenvalue weighted by molar-refractivity contribution is 6.36. The predicted octanol–water partition coefficient (Wildman–Crippen LogP) is 4.49. The monoisotopic (exact) mass is 419 g/mol. The maximum atomic E-state index is 12.7. The van der Waals surface area contributed by atoms with E-state index in [4.69, 9.17) is 27.9 Å². The lowest BCUT2D eigenvalue weighted by atomic mass is 10.1. The summed E-state index contributed by atoms with van der Waals surface area (Å²) in [5.41, 5.74) is -0.777. The Hall–Kier alpha value is -2.06. The second-order valence-electron chi connectivity index (χ2n) is 5.98. The Morgan fingerprint density at radius 3 is 2.74 bits per heavy atom. The van der Waals surface area contributed by atoms with Gasteiger partial charge in [-0.1, -0.05) is 23.2 Å². The van der Waals surface area contributed by atoms with Crippen LogP contribution in [0.25, 0.3) is 0 Å². The molecule has 0 radical (unpaired) electrons. The number of carbonyl (C=O) groups excluding carboxylic acids is 1. The molecule has 0 bridgehead atoms. The molecule has 1 aromatic carbocycles. The first-order valence-corrected chi connectivity index (χ1v) is 8.81. The maximum absolute atomic E-state index is 12.7. The zero-order valence-corrected chi connectivity index (χ0v) is 15.4. The minimum Gasteiger partial charge on any atom is -0.458 e. The minimum absolute atomic E-state index is 0.192. The van der Waals surface area contributed by atoms with E-state index in [0.717, 1.165) is 12.3 Å². The van der Waals surface area contributed by atoms with Gasteiger partial charge in [0.25, 0.3) is 5.91 Å². The molecule has 27 heavy (non-hydrogen) atoms. The average Bonchev–Trinajstić information content (AvgIpc) is 2.61. The topological polar surface area (TPSA) is 55.3 Å². The summed E-state index contributed by atoms with van der Waals surface area (Å²) in [5.74, 6) is -0.296. The van der Waals surface area contributed by atoms with Gasteiger partial charge in [-0.2, -0.15) is 18.2 Å². The van der Waals surface area contributed by atoms with Crippen LogP contribution in [0.1, 0.15) is 28.9 Å². The highest BCUT2D eigenvalue weighted by Gasteiger charge is 2.33. The summed E-state index contributed by atoms with van der Waals surface area (Å²) in [7, 11) is 0. The average molecular weight is 420 g/mol. The van der Waals surface area contributed by atoms with Crippen molar-refractivity contribution in [3.8, 4) is 6.01 Å². The third-order valence-corrected chi connectivity index (χ3v) is 4.57. The SMILES string of the molecule is O=C(c1ccc(Cl)cc1Cl)N1CCCC(Oc2nccc(C(F)(F)F)n2)C1. The molecule has 5 nitrogen and oxygen atoms in total. The van der Waals surface area contributed by atoms with Crippen molar-refractivity contribution in [1.82, 2.24) is 14.9 Å². The fourth-order valence-corrected chi connectivity index (χ4v) is 3.25. The predicted molar refractivity (Wildman–Crippen MR) is 93.0 cm³/mol. The fraction of sp³-hybridized carbons (Fsp3) is 0.353. The first kappa shape index (κ1) is 19.7. The van der Waals surface area contributed by atoms with Crippen molar-refractivity contribution in [1.29, 1.82) is 0 Å². The Morgan fingerprint density at radius 2 is 2.04 bits per heavy atom. The van der Waals surface area contributed by atoms with Gasteiger partial charge in [0, 0.05) is 17.8 Å². The first-order chi connectivity index (χ1) is 12.7. The van der Waals surface area contributed by atoms with Crippen LogP contribution in [0, 0.1) is 0 Å². The molecule has 1 fully saturated rings. The van der Waals surface area contributed by atoms with E-state index in [9.17, 15) is 18.0 Å². The number of likely N-dealkylation sites (tertiary alicyclic amines) is 1. The van der Waals surface area contributed by atoms with Gasteiger partial charge in [0.1, 0.15) is 6.10 Å². The quantitative estimate of drug-likeness (QED) is 0.735. The van der Waals surface area contributed by atoms with Crippen molar-refractivity contribution in [3.05, 3.63) is 51.8 Å². The van der Waals surface area contributed by atoms with Crippen molar-refractivity contribution in [2.75, 3.05) is 13.1 Å². The van der Waals surface area contributed by atoms with Gasteiger partial charge < -0.3 is 9.64 Å². The van der Waals surface area contributed by atoms with Crippen molar-refractivity contribution < 1.29 is 22.7 Å². The van der Waals surface area contributed by atoms with Crippen molar-refractivity contribution in [3.63, 3.8) is 0 Å². The summed E-state index contributed by atoms with van der Waals surface area (Å²) >= 11 is 11.9. The van der Waals surface area contributed by atoms with Crippen LogP contribution < -0.4 is 4.74 Å². The summed E-state index contributed by atoms with van der Waals surface area (Å²) in [5, 5.41) is 0.648. The maximum Gasteiger partial charge on any atom is 0.433 e. The number of hydrogen-bond acceptors (Lipinski definition) is 4. The third-order valence-electron chi connectivity index (χ3n) is 4.02. The Morgan fingerprint density at radius 1 is 1.26 bits per heavy atom. The Balaban J connectivity index is 1.70. The number of rotatable bonds is 3. The molecule has 1 atom stereocenters. The molecule has 1 aromatic heterocycles. The summed E-state index contributed by atoms with van der Waals surface area (Å²) in [4.78, 5) is 21.3. The van der Waals surface area contributed by atoms with Gasteiger partial charge >= 0.3 is 12.2 Å². The third kappa shape index (κ3) is 4.81. The van der Waals surface area contributed by atoms with Crippen LogP contribution in [0.2, 0.25) is 10.0 Å². The van der Waals surface area contributed by atoms with Crippen LogP contribution in [0.4, 0.5) is 13.2 Å². The molecule has 0 spiro atoms. The van der Waals surface area contributed by atoms with Gasteiger partial charge in [0.15, 0.2) is 5.69 Å². The number of hydrogen-bond donors (Lipinski definition) is 0. The van der Waals surface area contributed by atoms with E-state index in [1.807, 2.05) is 0 Å². The van der Waals surface area contributed by atoms with E-state index in [1.54, 1.807) is 6.07 Å². The molecule has 1 aliphatic heterocycles. The Kier molecular flexibility index (Phi) is 5.76. The molecule has 3 rings (SSSR count). The van der Waals surface area contributed by atoms with E-state index in [-0.39, 0.29) is 23.5 Å². The second-order valence-corrected chi connectivity index (χ2v) is 6.82. The molecular weight excluding hydrogens is 406 g/mol. The number of amides is 1. The number of benzene rings is 1. The number of alkyl halides is 3. The number of piperidine rings is 1. The Bertz CT molecular complexity index is 848. The van der Waals surface area contributed by atoms with E-state index in [1.165, 1.54) is 17.0 Å². The zero-order valence-electron chi connectivity index (χ0n) is 13.8. The molecular formula is C17H14Cl2F3N3O2. The van der Waals surface area contributed by atoms with Gasteiger partial charge in [-0.15, -0.1) is 0 Å². The molecule has 1 amide bonds. The first-order valence-electron chi connectivity index (χ1n) is 8.05. The molecule has 2 aromatic rings. The zero-order chi connectivity index (χ0) is 19.6. The Labute approximate surface area is 163 Å². The number of nitrogens with zero attached hydrogens (tertiary/aromatic N) is 3. The second kappa shape index (κ2) is 7.90. The summed E-state index contributed by atoms with van der Waals surface area (Å²) in [6, 6.07) is 4.98. The number of aromatic nitrogens is 2. The van der Waals surface area contributed by atoms with Crippen LogP contribution in [0.5, 0.6) is 6.01 Å². The lowest BCUT2D eigenvalue weighted by molar-refractivity contribution is -0.141. The molecule has 144 valence electrons. The smallest absolute Gasteiger partial charge is 0.433 e. The van der Waals surface area contributed by atoms with Crippen molar-refractivity contribution in [2.24, 2.45) is 0 Å². The van der Waals surface area contributed by atoms with E-state index in [0.29, 0.717) is 30.0 Å². The molecule has 1 saturated heterocycles. The van der Waals surface area contributed by atoms with Crippen LogP contribution in [-0.2, 0) is 6.18 Å². The van der Waals surface area contributed by atoms with Crippen molar-refractivity contribution >= 4 is 29.1 Å². The van der Waals surface area contributed by atoms with Gasteiger partial charge in [-0.3, -0.25) is 4.79 Å². The molecule has 1 aliphatic rings. The fourth-order valence-electron chi connectivity index (χ4n) is 2.76. The number of halogens is 5. The van der Waals surface area contributed by atoms with Gasteiger partial charge in [-0.05, 0) is 37.1 Å². The lowest BCUT2D eigenvalue weighted by Crippen LogP contribution is -2.44. The molecule has 0 aliphatic carbocycles. The standard InChI is InChI=1S/C17H14Cl2F3N3O2/c18-10-3-4-12(13(19)8-10)15(26)25-7-1-2-11(9-25)27-16-23-6-5-14(24-16)17(20,21)22/h3-6,8,11H,1-2,7,9H2. The van der Waals surface area contributed by atoms with E-state index >= 15 is 0 Å². The van der Waals surface area contributed by atoms with Crippen LogP contribution in [-0.4, -0.2) is 40.0 Å². The summed E-state index contributed by atoms with van der Waals surface area (Å²) in [6.45, 7) is 0.679. The summed E-state index contributed by atoms with van der Waals surface area (Å²) in [6.07, 6.45) is -2.92. The van der Waals surface area contributed by atoms with Crippen LogP contribution in [0.15, 0.2) is 30.5 Å². The van der Waals surface area contributed by atoms with E-state index in [2.05, 4.69) is 9.97 Å². The molecule has 1 unspecified atom stereocenters. The van der Waals surface area contributed by atoms with Crippen molar-refractivity contribution in [2.45, 2.75) is 25.1 Å². The van der Waals surface area contributed by atoms with E-state index < -0.39 is 18.0 Å². The van der Waals surface area contributed by atoms with Crippen LogP contribution in [0.3, 0.4) is 0 Å². The molecule has 2 heterocycles. The van der Waals surface area contributed by atoms with Gasteiger partial charge in [0.2, 0.25) is 0 Å². The molecule has 10 heteroatoms. The lowest BCUT2D eigenvalue weighted by Gasteiger charge is -2.32. The highest BCUT2D eigenvalue weighted by Crippen LogP contribution is 2.29. The molecule has 0 saturated carbocycles. The van der Waals surface area contributed by atoms with Gasteiger partial charge in [0.05, 0.1) is 17.1 Å². The number of carbonyl (C=O) groups is 1. The largest absolute Gasteiger partial charge is 0.458 e. The normalized spacial score (nSPS) is 17.7. The minimum atomic E-state index is -4.58. The molecule has 0 N–H and O–H groups in total. The highest BCUT2D eigenvalue weighted by atomic mass is 35.5. The van der Waals surface area contributed by atoms with Gasteiger partial charge in [-0.25, -0.2) is 4.98 Å². The number of ether oxygens (including phenoxy) is 1. The summed E-state index contributed by atoms with van der Waals surface area (Å²) < 4.78 is 43.7. The van der Waals surface area contributed by atoms with Crippen LogP contribution >= 0.6 is 23.2 Å².